The van der Waals surface area contributed by atoms with Gasteiger partial charge in [-0.2, -0.15) is 0 Å². The van der Waals surface area contributed by atoms with E-state index in [-0.39, 0.29) is 5.91 Å². The molecule has 0 unspecified atom stereocenters. The van der Waals surface area contributed by atoms with Crippen molar-refractivity contribution in [2.45, 2.75) is 0 Å². The van der Waals surface area contributed by atoms with Crippen LogP contribution in [-0.4, -0.2) is 20.9 Å². The molecule has 0 aliphatic rings. The first kappa shape index (κ1) is 15.4. The minimum absolute atomic E-state index is 0.200. The van der Waals surface area contributed by atoms with E-state index < -0.39 is 0 Å². The number of fused-ring (bicyclic) bond motifs is 1. The molecule has 0 spiro atoms. The van der Waals surface area contributed by atoms with E-state index in [1.54, 1.807) is 24.4 Å². The molecule has 0 aliphatic carbocycles. The molecule has 0 radical (unpaired) electrons. The van der Waals surface area contributed by atoms with Crippen molar-refractivity contribution < 1.29 is 4.79 Å². The van der Waals surface area contributed by atoms with Gasteiger partial charge in [0.15, 0.2) is 0 Å². The number of carbonyl (C=O) groups excluding carboxylic acids is 1. The van der Waals surface area contributed by atoms with Gasteiger partial charge >= 0.3 is 0 Å². The number of H-pyrrole nitrogens is 1. The van der Waals surface area contributed by atoms with Crippen LogP contribution in [0.5, 0.6) is 0 Å². The first-order valence-corrected chi connectivity index (χ1v) is 8.05. The largest absolute Gasteiger partial charge is 0.345 e. The summed E-state index contributed by atoms with van der Waals surface area (Å²) in [7, 11) is 0. The van der Waals surface area contributed by atoms with Crippen LogP contribution in [0.15, 0.2) is 67.0 Å². The van der Waals surface area contributed by atoms with Crippen molar-refractivity contribution in [3.63, 3.8) is 0 Å². The number of aromatic nitrogens is 3. The zero-order valence-electron chi connectivity index (χ0n) is 13.0. The average molecular weight is 349 g/mol. The number of hydrogen-bond donors (Lipinski definition) is 2. The summed E-state index contributed by atoms with van der Waals surface area (Å²) in [6, 6.07) is 16.3. The number of carbonyl (C=O) groups is 1. The van der Waals surface area contributed by atoms with Gasteiger partial charge in [-0.05, 0) is 30.3 Å². The molecule has 0 bridgehead atoms. The molecule has 0 saturated heterocycles. The molecule has 3 heterocycles. The fourth-order valence-corrected chi connectivity index (χ4v) is 2.78. The normalized spacial score (nSPS) is 10.8. The lowest BCUT2D eigenvalue weighted by Crippen LogP contribution is -2.12. The molecule has 4 rings (SSSR count). The summed E-state index contributed by atoms with van der Waals surface area (Å²) in [5, 5.41) is 4.26. The van der Waals surface area contributed by atoms with Gasteiger partial charge in [-0.25, -0.2) is 9.97 Å². The Morgan fingerprint density at radius 2 is 1.92 bits per heavy atom. The van der Waals surface area contributed by atoms with Gasteiger partial charge in [0.05, 0.1) is 10.7 Å². The topological polar surface area (TPSA) is 70.7 Å². The number of nitrogens with one attached hydrogen (secondary N) is 2. The van der Waals surface area contributed by atoms with Crippen LogP contribution in [-0.2, 0) is 0 Å². The van der Waals surface area contributed by atoms with E-state index in [1.165, 1.54) is 0 Å². The van der Waals surface area contributed by atoms with Crippen molar-refractivity contribution in [1.82, 2.24) is 15.0 Å². The van der Waals surface area contributed by atoms with E-state index >= 15 is 0 Å². The first-order valence-electron chi connectivity index (χ1n) is 7.67. The Hall–Kier alpha value is -3.18. The third kappa shape index (κ3) is 3.09. The summed E-state index contributed by atoms with van der Waals surface area (Å²) in [5.74, 6) is 0.282. The molecule has 0 aliphatic heterocycles. The Morgan fingerprint density at radius 3 is 2.76 bits per heavy atom. The summed E-state index contributed by atoms with van der Waals surface area (Å²) in [6.45, 7) is 0. The van der Waals surface area contributed by atoms with Crippen molar-refractivity contribution in [1.29, 1.82) is 0 Å². The molecule has 3 aromatic heterocycles. The van der Waals surface area contributed by atoms with Crippen molar-refractivity contribution in [2.75, 3.05) is 5.32 Å². The molecule has 4 aromatic rings. The highest BCUT2D eigenvalue weighted by molar-refractivity contribution is 6.31. The number of nitrogens with zero attached hydrogens (tertiary/aromatic N) is 2. The minimum Gasteiger partial charge on any atom is -0.345 e. The molecule has 2 N–H and O–H groups in total. The highest BCUT2D eigenvalue weighted by Crippen LogP contribution is 2.28. The van der Waals surface area contributed by atoms with Crippen LogP contribution in [0.2, 0.25) is 5.02 Å². The predicted octanol–water partition coefficient (Wildman–Crippen LogP) is 4.53. The lowest BCUT2D eigenvalue weighted by atomic mass is 10.1. The van der Waals surface area contributed by atoms with Crippen molar-refractivity contribution in [2.24, 2.45) is 0 Å². The minimum atomic E-state index is -0.200. The van der Waals surface area contributed by atoms with Crippen LogP contribution >= 0.6 is 11.6 Å². The number of aromatic amines is 1. The lowest BCUT2D eigenvalue weighted by Gasteiger charge is -2.06. The smallest absolute Gasteiger partial charge is 0.256 e. The zero-order chi connectivity index (χ0) is 17.2. The number of halogens is 1. The fourth-order valence-electron chi connectivity index (χ4n) is 2.62. The second-order valence-electron chi connectivity index (χ2n) is 5.48. The summed E-state index contributed by atoms with van der Waals surface area (Å²) >= 11 is 6.05. The summed E-state index contributed by atoms with van der Waals surface area (Å²) in [5.41, 5.74) is 2.92. The molecular weight excluding hydrogens is 336 g/mol. The van der Waals surface area contributed by atoms with E-state index in [2.05, 4.69) is 20.3 Å². The highest BCUT2D eigenvalue weighted by atomic mass is 35.5. The number of amides is 1. The highest BCUT2D eigenvalue weighted by Gasteiger charge is 2.11. The zero-order valence-corrected chi connectivity index (χ0v) is 13.8. The molecule has 0 atom stereocenters. The number of hydrogen-bond acceptors (Lipinski definition) is 3. The maximum absolute atomic E-state index is 12.3. The molecule has 1 aromatic carbocycles. The lowest BCUT2D eigenvalue weighted by molar-refractivity contribution is 0.102. The van der Waals surface area contributed by atoms with Crippen LogP contribution < -0.4 is 5.32 Å². The van der Waals surface area contributed by atoms with E-state index in [9.17, 15) is 4.79 Å². The van der Waals surface area contributed by atoms with E-state index in [0.29, 0.717) is 16.4 Å². The summed E-state index contributed by atoms with van der Waals surface area (Å²) in [6.07, 6.45) is 3.42. The van der Waals surface area contributed by atoms with Gasteiger partial charge in [0.2, 0.25) is 0 Å². The fraction of sp³-hybridized carbons (Fsp3) is 0. The predicted molar refractivity (Wildman–Crippen MR) is 98.7 cm³/mol. The Labute approximate surface area is 148 Å². The number of rotatable bonds is 3. The Morgan fingerprint density at radius 1 is 1.08 bits per heavy atom. The molecule has 5 nitrogen and oxygen atoms in total. The van der Waals surface area contributed by atoms with Gasteiger partial charge in [0.25, 0.3) is 5.91 Å². The molecule has 1 amide bonds. The Bertz CT molecular complexity index is 1060. The maximum atomic E-state index is 12.3. The number of benzene rings is 1. The van der Waals surface area contributed by atoms with Gasteiger partial charge < -0.3 is 10.3 Å². The van der Waals surface area contributed by atoms with Crippen molar-refractivity contribution in [3.05, 3.63) is 77.6 Å². The SMILES string of the molecule is O=C(Nc1cccc(-c2c[nH]c3ncc(Cl)cc23)n1)c1ccccc1. The van der Waals surface area contributed by atoms with Gasteiger partial charge in [-0.3, -0.25) is 4.79 Å². The molecule has 0 fully saturated rings. The monoisotopic (exact) mass is 348 g/mol. The first-order chi connectivity index (χ1) is 12.2. The molecule has 122 valence electrons. The Balaban J connectivity index is 1.67. The van der Waals surface area contributed by atoms with E-state index in [1.807, 2.05) is 42.6 Å². The Kier molecular flexibility index (Phi) is 3.91. The molecular formula is C19H13ClN4O. The van der Waals surface area contributed by atoms with Gasteiger partial charge in [-0.1, -0.05) is 35.9 Å². The van der Waals surface area contributed by atoms with Crippen LogP contribution in [0.3, 0.4) is 0 Å². The van der Waals surface area contributed by atoms with Crippen LogP contribution in [0, 0.1) is 0 Å². The van der Waals surface area contributed by atoms with Gasteiger partial charge in [-0.15, -0.1) is 0 Å². The average Bonchev–Trinajstić information content (AvgIpc) is 3.05. The van der Waals surface area contributed by atoms with Gasteiger partial charge in [0, 0.05) is 28.9 Å². The van der Waals surface area contributed by atoms with Crippen LogP contribution in [0.25, 0.3) is 22.3 Å². The van der Waals surface area contributed by atoms with Crippen molar-refractivity contribution in [3.8, 4) is 11.3 Å². The third-order valence-electron chi connectivity index (χ3n) is 3.80. The standard InChI is InChI=1S/C19H13ClN4O/c20-13-9-14-15(11-22-18(14)21-10-13)16-7-4-8-17(23-16)24-19(25)12-5-2-1-3-6-12/h1-11H,(H,21,22)(H,23,24,25). The number of pyridine rings is 2. The summed E-state index contributed by atoms with van der Waals surface area (Å²) < 4.78 is 0. The van der Waals surface area contributed by atoms with Crippen LogP contribution in [0.4, 0.5) is 5.82 Å². The maximum Gasteiger partial charge on any atom is 0.256 e. The third-order valence-corrected chi connectivity index (χ3v) is 4.01. The quantitative estimate of drug-likeness (QED) is 0.571. The molecule has 6 heteroatoms. The van der Waals surface area contributed by atoms with E-state index in [0.717, 1.165) is 22.3 Å². The van der Waals surface area contributed by atoms with Gasteiger partial charge in [0.1, 0.15) is 11.5 Å². The van der Waals surface area contributed by atoms with Crippen molar-refractivity contribution >= 4 is 34.4 Å². The van der Waals surface area contributed by atoms with Crippen LogP contribution in [0.1, 0.15) is 10.4 Å². The number of anilines is 1. The molecule has 25 heavy (non-hydrogen) atoms. The second kappa shape index (κ2) is 6.37. The second-order valence-corrected chi connectivity index (χ2v) is 5.92. The van der Waals surface area contributed by atoms with E-state index in [4.69, 9.17) is 11.6 Å². The summed E-state index contributed by atoms with van der Waals surface area (Å²) in [4.78, 5) is 24.2. The molecule has 0 saturated carbocycles.